The van der Waals surface area contributed by atoms with Gasteiger partial charge in [-0.15, -0.1) is 10.2 Å². The molecule has 33 heavy (non-hydrogen) atoms. The van der Waals surface area contributed by atoms with E-state index in [9.17, 15) is 4.79 Å². The van der Waals surface area contributed by atoms with E-state index in [0.717, 1.165) is 11.3 Å². The highest BCUT2D eigenvalue weighted by Gasteiger charge is 2.24. The van der Waals surface area contributed by atoms with Crippen LogP contribution in [0.25, 0.3) is 17.3 Å². The van der Waals surface area contributed by atoms with Crippen LogP contribution in [-0.4, -0.2) is 42.1 Å². The largest absolute Gasteiger partial charge is 0.494 e. The molecule has 0 radical (unpaired) electrons. The maximum Gasteiger partial charge on any atom is 0.338 e. The first-order chi connectivity index (χ1) is 16.1. The van der Waals surface area contributed by atoms with Crippen LogP contribution in [0.3, 0.4) is 0 Å². The number of carbonyl (C=O) groups is 1. The molecule has 0 saturated heterocycles. The molecule has 4 aromatic rings. The summed E-state index contributed by atoms with van der Waals surface area (Å²) in [4.78, 5) is 12.2. The lowest BCUT2D eigenvalue weighted by molar-refractivity contribution is 0.0600. The lowest BCUT2D eigenvalue weighted by atomic mass is 10.1. The third-order valence-corrected chi connectivity index (χ3v) is 5.98. The lowest BCUT2D eigenvalue weighted by Gasteiger charge is -2.16. The fourth-order valence-corrected chi connectivity index (χ4v) is 4.37. The average Bonchev–Trinajstić information content (AvgIpc) is 3.47. The number of rotatable bonds is 8. The quantitative estimate of drug-likeness (QED) is 0.267. The molecule has 2 heterocycles. The minimum atomic E-state index is -0.384. The summed E-state index contributed by atoms with van der Waals surface area (Å²) in [5.74, 6) is 3.10. The highest BCUT2D eigenvalue weighted by Crippen LogP contribution is 2.39. The van der Waals surface area contributed by atoms with E-state index in [1.807, 2.05) is 54.0 Å². The topological polar surface area (TPSA) is 88.6 Å². The van der Waals surface area contributed by atoms with Crippen LogP contribution < -0.4 is 9.47 Å². The molecule has 0 fully saturated rings. The van der Waals surface area contributed by atoms with E-state index in [2.05, 4.69) is 10.2 Å². The van der Waals surface area contributed by atoms with Crippen LogP contribution in [0.4, 0.5) is 0 Å². The molecule has 0 saturated carbocycles. The molecule has 0 aliphatic rings. The molecule has 0 spiro atoms. The predicted octanol–water partition coefficient (Wildman–Crippen LogP) is 4.93. The van der Waals surface area contributed by atoms with E-state index in [1.165, 1.54) is 18.9 Å². The third-order valence-electron chi connectivity index (χ3n) is 5.00. The molecule has 9 heteroatoms. The molecule has 0 unspecified atom stereocenters. The second-order valence-electron chi connectivity index (χ2n) is 7.00. The van der Waals surface area contributed by atoms with Gasteiger partial charge in [0, 0.05) is 5.75 Å². The van der Waals surface area contributed by atoms with Crippen molar-refractivity contribution in [2.75, 3.05) is 21.3 Å². The van der Waals surface area contributed by atoms with Crippen molar-refractivity contribution in [3.05, 3.63) is 71.5 Å². The Hall–Kier alpha value is -3.72. The minimum Gasteiger partial charge on any atom is -0.494 e. The Bertz CT molecular complexity index is 1260. The number of furan rings is 1. The van der Waals surface area contributed by atoms with Crippen LogP contribution >= 0.6 is 11.8 Å². The maximum absolute atomic E-state index is 12.2. The third kappa shape index (κ3) is 4.45. The van der Waals surface area contributed by atoms with Gasteiger partial charge in [0.2, 0.25) is 5.82 Å². The number of aromatic nitrogens is 3. The summed E-state index contributed by atoms with van der Waals surface area (Å²) >= 11 is 1.43. The predicted molar refractivity (Wildman–Crippen MR) is 124 cm³/mol. The number of hydrogen-bond acceptors (Lipinski definition) is 8. The van der Waals surface area contributed by atoms with Crippen LogP contribution in [0.5, 0.6) is 11.5 Å². The second kappa shape index (κ2) is 9.83. The molecule has 0 N–H and O–H groups in total. The van der Waals surface area contributed by atoms with Crippen molar-refractivity contribution in [1.29, 1.82) is 0 Å². The minimum absolute atomic E-state index is 0.384. The average molecular weight is 466 g/mol. The van der Waals surface area contributed by atoms with Gasteiger partial charge >= 0.3 is 5.97 Å². The molecule has 0 bridgehead atoms. The molecule has 0 aliphatic carbocycles. The number of aryl methyl sites for hydroxylation is 1. The number of hydrogen-bond donors (Lipinski definition) is 0. The monoisotopic (exact) mass is 465 g/mol. The van der Waals surface area contributed by atoms with E-state index in [-0.39, 0.29) is 5.97 Å². The zero-order valence-electron chi connectivity index (χ0n) is 18.7. The highest BCUT2D eigenvalue weighted by molar-refractivity contribution is 7.98. The van der Waals surface area contributed by atoms with Crippen molar-refractivity contribution in [2.45, 2.75) is 17.8 Å². The SMILES string of the molecule is COC(=O)c1ccccc1CSc1nnc(-c2ccc(C)o2)n1-c1c(OC)cccc1OC. The first-order valence-corrected chi connectivity index (χ1v) is 11.1. The Labute approximate surface area is 195 Å². The number of esters is 1. The fourth-order valence-electron chi connectivity index (χ4n) is 3.43. The van der Waals surface area contributed by atoms with Gasteiger partial charge in [-0.1, -0.05) is 36.0 Å². The van der Waals surface area contributed by atoms with E-state index in [4.69, 9.17) is 18.6 Å². The molecular weight excluding hydrogens is 442 g/mol. The first kappa shape index (κ1) is 22.5. The lowest BCUT2D eigenvalue weighted by Crippen LogP contribution is -2.06. The Balaban J connectivity index is 1.82. The Kier molecular flexibility index (Phi) is 6.69. The summed E-state index contributed by atoms with van der Waals surface area (Å²) in [7, 11) is 4.56. The highest BCUT2D eigenvalue weighted by atomic mass is 32.2. The van der Waals surface area contributed by atoms with E-state index in [1.54, 1.807) is 26.4 Å². The maximum atomic E-state index is 12.2. The van der Waals surface area contributed by atoms with Crippen molar-refractivity contribution < 1.29 is 23.4 Å². The zero-order chi connectivity index (χ0) is 23.4. The molecule has 2 aromatic carbocycles. The molecule has 8 nitrogen and oxygen atoms in total. The second-order valence-corrected chi connectivity index (χ2v) is 7.94. The summed E-state index contributed by atoms with van der Waals surface area (Å²) < 4.78 is 23.9. The standard InChI is InChI=1S/C24H23N3O5S/c1-15-12-13-20(32-15)22-25-26-24(27(22)21-18(29-2)10-7-11-19(21)30-3)33-14-16-8-5-6-9-17(16)23(28)31-4/h5-13H,14H2,1-4H3. The normalized spacial score (nSPS) is 10.8. The zero-order valence-corrected chi connectivity index (χ0v) is 19.5. The molecule has 2 aromatic heterocycles. The van der Waals surface area contributed by atoms with Crippen LogP contribution in [0.15, 0.2) is 64.2 Å². The van der Waals surface area contributed by atoms with Gasteiger partial charge in [-0.3, -0.25) is 4.57 Å². The van der Waals surface area contributed by atoms with Crippen molar-refractivity contribution in [3.8, 4) is 28.8 Å². The number of benzene rings is 2. The summed E-state index contributed by atoms with van der Waals surface area (Å²) in [5, 5.41) is 9.42. The van der Waals surface area contributed by atoms with Crippen molar-refractivity contribution in [3.63, 3.8) is 0 Å². The van der Waals surface area contributed by atoms with Gasteiger partial charge in [0.25, 0.3) is 0 Å². The van der Waals surface area contributed by atoms with Gasteiger partial charge < -0.3 is 18.6 Å². The summed E-state index contributed by atoms with van der Waals surface area (Å²) in [6.45, 7) is 1.87. The van der Waals surface area contributed by atoms with E-state index < -0.39 is 0 Å². The van der Waals surface area contributed by atoms with Crippen molar-refractivity contribution >= 4 is 17.7 Å². The molecule has 4 rings (SSSR count). The number of thioether (sulfide) groups is 1. The van der Waals surface area contributed by atoms with Crippen LogP contribution in [0.2, 0.25) is 0 Å². The fraction of sp³-hybridized carbons (Fsp3) is 0.208. The van der Waals surface area contributed by atoms with Gasteiger partial charge in [0.05, 0.1) is 26.9 Å². The smallest absolute Gasteiger partial charge is 0.338 e. The Morgan fingerprint density at radius 1 is 0.970 bits per heavy atom. The summed E-state index contributed by atoms with van der Waals surface area (Å²) in [5.41, 5.74) is 1.99. The number of para-hydroxylation sites is 1. The Morgan fingerprint density at radius 2 is 1.70 bits per heavy atom. The van der Waals surface area contributed by atoms with Crippen LogP contribution in [0, 0.1) is 6.92 Å². The van der Waals surface area contributed by atoms with Gasteiger partial charge in [-0.2, -0.15) is 0 Å². The molecular formula is C24H23N3O5S. The van der Waals surface area contributed by atoms with Crippen molar-refractivity contribution in [1.82, 2.24) is 14.8 Å². The number of nitrogens with zero attached hydrogens (tertiary/aromatic N) is 3. The van der Waals surface area contributed by atoms with Gasteiger partial charge in [0.1, 0.15) is 22.9 Å². The van der Waals surface area contributed by atoms with Crippen LogP contribution in [-0.2, 0) is 10.5 Å². The molecule has 170 valence electrons. The first-order valence-electron chi connectivity index (χ1n) is 10.1. The summed E-state index contributed by atoms with van der Waals surface area (Å²) in [6, 6.07) is 16.6. The van der Waals surface area contributed by atoms with E-state index in [0.29, 0.717) is 45.2 Å². The Morgan fingerprint density at radius 3 is 2.33 bits per heavy atom. The van der Waals surface area contributed by atoms with Gasteiger partial charge in [-0.05, 0) is 42.8 Å². The van der Waals surface area contributed by atoms with Gasteiger partial charge in [0.15, 0.2) is 10.9 Å². The van der Waals surface area contributed by atoms with Crippen LogP contribution in [0.1, 0.15) is 21.7 Å². The van der Waals surface area contributed by atoms with Gasteiger partial charge in [-0.25, -0.2) is 4.79 Å². The molecule has 0 atom stereocenters. The summed E-state index contributed by atoms with van der Waals surface area (Å²) in [6.07, 6.45) is 0. The van der Waals surface area contributed by atoms with E-state index >= 15 is 0 Å². The number of methoxy groups -OCH3 is 3. The molecule has 0 amide bonds. The number of carbonyl (C=O) groups excluding carboxylic acids is 1. The number of ether oxygens (including phenoxy) is 3. The van der Waals surface area contributed by atoms with Crippen molar-refractivity contribution in [2.24, 2.45) is 0 Å². The molecule has 0 aliphatic heterocycles.